The fourth-order valence-electron chi connectivity index (χ4n) is 1.95. The third-order valence-corrected chi connectivity index (χ3v) is 3.83. The predicted molar refractivity (Wildman–Crippen MR) is 94.7 cm³/mol. The highest BCUT2D eigenvalue weighted by molar-refractivity contribution is 9.10. The molecule has 0 spiro atoms. The van der Waals surface area contributed by atoms with Gasteiger partial charge in [-0.3, -0.25) is 20.4 Å². The second-order valence-electron chi connectivity index (χ2n) is 4.94. The zero-order chi connectivity index (χ0) is 19.1. The number of hydrogen-bond donors (Lipinski definition) is 2. The molecule has 0 unspecified atom stereocenters. The molecule has 2 rings (SSSR count). The summed E-state index contributed by atoms with van der Waals surface area (Å²) >= 11 is 3.13. The van der Waals surface area contributed by atoms with Crippen LogP contribution in [0.4, 0.5) is 4.39 Å². The minimum absolute atomic E-state index is 0.269. The Bertz CT molecular complexity index is 816. The van der Waals surface area contributed by atoms with Crippen molar-refractivity contribution in [3.05, 3.63) is 52.3 Å². The van der Waals surface area contributed by atoms with Crippen molar-refractivity contribution in [1.82, 2.24) is 10.9 Å². The lowest BCUT2D eigenvalue weighted by Gasteiger charge is -2.11. The van der Waals surface area contributed by atoms with Gasteiger partial charge in [0.1, 0.15) is 11.6 Å². The Labute approximate surface area is 157 Å². The molecule has 2 N–H and O–H groups in total. The molecule has 0 saturated carbocycles. The second-order valence-corrected chi connectivity index (χ2v) is 5.79. The Balaban J connectivity index is 1.87. The summed E-state index contributed by atoms with van der Waals surface area (Å²) in [5.74, 6) is -0.400. The van der Waals surface area contributed by atoms with Crippen molar-refractivity contribution in [2.45, 2.75) is 0 Å². The Morgan fingerprint density at radius 1 is 1.00 bits per heavy atom. The van der Waals surface area contributed by atoms with Crippen LogP contribution >= 0.6 is 15.9 Å². The summed E-state index contributed by atoms with van der Waals surface area (Å²) in [6.07, 6.45) is 0. The normalized spacial score (nSPS) is 10.0. The van der Waals surface area contributed by atoms with Crippen molar-refractivity contribution in [3.63, 3.8) is 0 Å². The van der Waals surface area contributed by atoms with Gasteiger partial charge in [0, 0.05) is 5.56 Å². The molecule has 138 valence electrons. The fraction of sp³-hybridized carbons (Fsp3) is 0.176. The predicted octanol–water partition coefficient (Wildman–Crippen LogP) is 2.45. The first-order valence-corrected chi connectivity index (χ1v) is 8.13. The Morgan fingerprint density at radius 2 is 1.69 bits per heavy atom. The molecule has 0 radical (unpaired) electrons. The van der Waals surface area contributed by atoms with Gasteiger partial charge in [-0.05, 0) is 52.3 Å². The molecule has 0 aliphatic heterocycles. The number of carbonyl (C=O) groups excluding carboxylic acids is 2. The first-order chi connectivity index (χ1) is 12.4. The van der Waals surface area contributed by atoms with Crippen LogP contribution in [0.25, 0.3) is 0 Å². The van der Waals surface area contributed by atoms with E-state index in [0.717, 1.165) is 0 Å². The molecular weight excluding hydrogens is 411 g/mol. The summed E-state index contributed by atoms with van der Waals surface area (Å²) in [7, 11) is 2.93. The summed E-state index contributed by atoms with van der Waals surface area (Å²) < 4.78 is 28.8. The number of hydrogen-bond acceptors (Lipinski definition) is 5. The maximum atomic E-state index is 13.0. The van der Waals surface area contributed by atoms with Crippen molar-refractivity contribution < 1.29 is 28.2 Å². The molecule has 2 aromatic rings. The molecule has 0 fully saturated rings. The van der Waals surface area contributed by atoms with E-state index in [1.165, 1.54) is 44.6 Å². The van der Waals surface area contributed by atoms with Crippen LogP contribution < -0.4 is 25.1 Å². The Morgan fingerprint density at radius 3 is 2.35 bits per heavy atom. The number of carbonyl (C=O) groups is 2. The third-order valence-electron chi connectivity index (χ3n) is 3.21. The van der Waals surface area contributed by atoms with Crippen molar-refractivity contribution in [3.8, 4) is 17.2 Å². The first kappa shape index (κ1) is 19.5. The maximum Gasteiger partial charge on any atom is 0.276 e. The van der Waals surface area contributed by atoms with Gasteiger partial charge >= 0.3 is 0 Å². The highest BCUT2D eigenvalue weighted by Gasteiger charge is 2.12. The smallest absolute Gasteiger partial charge is 0.276 e. The molecule has 0 aromatic heterocycles. The van der Waals surface area contributed by atoms with Crippen LogP contribution in [-0.2, 0) is 4.79 Å². The van der Waals surface area contributed by atoms with Gasteiger partial charge in [0.25, 0.3) is 11.8 Å². The quantitative estimate of drug-likeness (QED) is 0.692. The maximum absolute atomic E-state index is 13.0. The van der Waals surface area contributed by atoms with Crippen molar-refractivity contribution in [1.29, 1.82) is 0 Å². The Hall–Kier alpha value is -2.81. The SMILES string of the molecule is COc1ccc(C(=O)NNC(=O)COc2ccc(F)cc2Br)cc1OC. The molecular formula is C17H16BrFN2O5. The van der Waals surface area contributed by atoms with Crippen molar-refractivity contribution >= 4 is 27.7 Å². The lowest BCUT2D eigenvalue weighted by Crippen LogP contribution is -2.43. The highest BCUT2D eigenvalue weighted by atomic mass is 79.9. The van der Waals surface area contributed by atoms with E-state index in [1.54, 1.807) is 6.07 Å². The standard InChI is InChI=1S/C17H16BrFN2O5/c1-24-14-5-3-10(7-15(14)25-2)17(23)21-20-16(22)9-26-13-6-4-11(19)8-12(13)18/h3-8H,9H2,1-2H3,(H,20,22)(H,21,23). The van der Waals surface area contributed by atoms with E-state index >= 15 is 0 Å². The summed E-state index contributed by atoms with van der Waals surface area (Å²) in [6, 6.07) is 8.38. The third kappa shape index (κ3) is 5.09. The van der Waals surface area contributed by atoms with Crippen LogP contribution in [-0.4, -0.2) is 32.6 Å². The molecule has 9 heteroatoms. The Kier molecular flexibility index (Phi) is 6.79. The summed E-state index contributed by atoms with van der Waals surface area (Å²) in [4.78, 5) is 23.8. The summed E-state index contributed by atoms with van der Waals surface area (Å²) in [5.41, 5.74) is 4.75. The topological polar surface area (TPSA) is 85.9 Å². The summed E-state index contributed by atoms with van der Waals surface area (Å²) in [5, 5.41) is 0. The molecule has 0 aliphatic rings. The number of halogens is 2. The van der Waals surface area contributed by atoms with Crippen LogP contribution in [0.5, 0.6) is 17.2 Å². The van der Waals surface area contributed by atoms with E-state index in [1.807, 2.05) is 0 Å². The fourth-order valence-corrected chi connectivity index (χ4v) is 2.41. The molecule has 0 atom stereocenters. The molecule has 26 heavy (non-hydrogen) atoms. The number of amides is 2. The highest BCUT2D eigenvalue weighted by Crippen LogP contribution is 2.27. The van der Waals surface area contributed by atoms with E-state index in [4.69, 9.17) is 14.2 Å². The lowest BCUT2D eigenvalue weighted by atomic mass is 10.2. The number of ether oxygens (including phenoxy) is 3. The average Bonchev–Trinajstić information content (AvgIpc) is 2.64. The number of benzene rings is 2. The molecule has 2 aromatic carbocycles. The zero-order valence-electron chi connectivity index (χ0n) is 14.0. The molecule has 7 nitrogen and oxygen atoms in total. The second kappa shape index (κ2) is 9.04. The van der Waals surface area contributed by atoms with E-state index in [-0.39, 0.29) is 12.2 Å². The van der Waals surface area contributed by atoms with E-state index in [0.29, 0.717) is 21.7 Å². The van der Waals surface area contributed by atoms with Gasteiger partial charge in [0.15, 0.2) is 18.1 Å². The van der Waals surface area contributed by atoms with Crippen LogP contribution in [0.1, 0.15) is 10.4 Å². The number of hydrazine groups is 1. The average molecular weight is 427 g/mol. The molecule has 2 amide bonds. The van der Waals surface area contributed by atoms with Crippen LogP contribution in [0.15, 0.2) is 40.9 Å². The monoisotopic (exact) mass is 426 g/mol. The van der Waals surface area contributed by atoms with Crippen molar-refractivity contribution in [2.24, 2.45) is 0 Å². The molecule has 0 aliphatic carbocycles. The van der Waals surface area contributed by atoms with Gasteiger partial charge in [-0.25, -0.2) is 4.39 Å². The van der Waals surface area contributed by atoms with Gasteiger partial charge in [-0.1, -0.05) is 0 Å². The first-order valence-electron chi connectivity index (χ1n) is 7.33. The molecule has 0 saturated heterocycles. The number of rotatable bonds is 6. The largest absolute Gasteiger partial charge is 0.493 e. The van der Waals surface area contributed by atoms with Gasteiger partial charge in [-0.15, -0.1) is 0 Å². The number of methoxy groups -OCH3 is 2. The van der Waals surface area contributed by atoms with E-state index < -0.39 is 17.6 Å². The van der Waals surface area contributed by atoms with E-state index in [9.17, 15) is 14.0 Å². The van der Waals surface area contributed by atoms with Gasteiger partial charge in [0.2, 0.25) is 0 Å². The van der Waals surface area contributed by atoms with Gasteiger partial charge in [0.05, 0.1) is 18.7 Å². The van der Waals surface area contributed by atoms with Crippen molar-refractivity contribution in [2.75, 3.05) is 20.8 Å². The van der Waals surface area contributed by atoms with E-state index in [2.05, 4.69) is 26.8 Å². The van der Waals surface area contributed by atoms with Crippen LogP contribution in [0.3, 0.4) is 0 Å². The summed E-state index contributed by atoms with van der Waals surface area (Å²) in [6.45, 7) is -0.365. The number of nitrogens with one attached hydrogen (secondary N) is 2. The van der Waals surface area contributed by atoms with Crippen LogP contribution in [0.2, 0.25) is 0 Å². The van der Waals surface area contributed by atoms with Gasteiger partial charge < -0.3 is 14.2 Å². The van der Waals surface area contributed by atoms with Gasteiger partial charge in [-0.2, -0.15) is 0 Å². The molecule has 0 heterocycles. The zero-order valence-corrected chi connectivity index (χ0v) is 15.6. The minimum atomic E-state index is -0.588. The van der Waals surface area contributed by atoms with Crippen LogP contribution in [0, 0.1) is 5.82 Å². The lowest BCUT2D eigenvalue weighted by molar-refractivity contribution is -0.123. The molecule has 0 bridgehead atoms. The minimum Gasteiger partial charge on any atom is -0.493 e.